The summed E-state index contributed by atoms with van der Waals surface area (Å²) in [5.41, 5.74) is 1.37. The first-order valence-electron chi connectivity index (χ1n) is 12.3. The Bertz CT molecular complexity index is 1720. The van der Waals surface area contributed by atoms with E-state index in [1.807, 2.05) is 17.9 Å². The zero-order chi connectivity index (χ0) is 29.4. The van der Waals surface area contributed by atoms with Gasteiger partial charge in [-0.3, -0.25) is 14.3 Å². The molecule has 0 aliphatic heterocycles. The first-order chi connectivity index (χ1) is 18.7. The highest BCUT2D eigenvalue weighted by molar-refractivity contribution is 7.89. The molecule has 0 saturated heterocycles. The van der Waals surface area contributed by atoms with Gasteiger partial charge in [-0.1, -0.05) is 4.89 Å². The lowest BCUT2D eigenvalue weighted by Crippen LogP contribution is -2.26. The fourth-order valence-corrected chi connectivity index (χ4v) is 5.21. The first-order valence-corrected chi connectivity index (χ1v) is 13.8. The number of sulfonamides is 1. The molecule has 0 spiro atoms. The van der Waals surface area contributed by atoms with Gasteiger partial charge in [0.15, 0.2) is 11.2 Å². The minimum atomic E-state index is -4.21. The second-order valence-corrected chi connectivity index (χ2v) is 11.6. The van der Waals surface area contributed by atoms with E-state index in [9.17, 15) is 18.3 Å². The van der Waals surface area contributed by atoms with Crippen LogP contribution in [0.3, 0.4) is 0 Å². The minimum Gasteiger partial charge on any atom is -0.483 e. The molecular weight excluding hydrogens is 540 g/mol. The number of fused-ring (bicyclic) bond motifs is 1. The maximum absolute atomic E-state index is 13.5. The SMILES string of the molecule is CONS(=O)(=O)c1nc(OC)ccc1O[C@H](C)c1cc(C)cc2c(=O)c(C)c(-c3cnn(CC(C)(C)O)c3)oc12. The van der Waals surface area contributed by atoms with Crippen LogP contribution in [0.4, 0.5) is 0 Å². The van der Waals surface area contributed by atoms with Gasteiger partial charge >= 0.3 is 0 Å². The number of benzene rings is 1. The van der Waals surface area contributed by atoms with Crippen molar-refractivity contribution in [2.24, 2.45) is 0 Å². The maximum Gasteiger partial charge on any atom is 0.283 e. The van der Waals surface area contributed by atoms with Crippen LogP contribution in [-0.4, -0.2) is 48.1 Å². The number of aryl methyl sites for hydroxylation is 1. The summed E-state index contributed by atoms with van der Waals surface area (Å²) in [6, 6.07) is 6.44. The molecule has 3 heterocycles. The van der Waals surface area contributed by atoms with Crippen LogP contribution in [0.1, 0.15) is 43.6 Å². The summed E-state index contributed by atoms with van der Waals surface area (Å²) in [4.78, 5) is 24.1. The quantitative estimate of drug-likeness (QED) is 0.270. The zero-order valence-corrected chi connectivity index (χ0v) is 24.1. The number of aliphatic hydroxyl groups is 1. The number of ether oxygens (including phenoxy) is 2. The van der Waals surface area contributed by atoms with Crippen LogP contribution in [-0.2, 0) is 21.4 Å². The van der Waals surface area contributed by atoms with Gasteiger partial charge in [-0.15, -0.1) is 0 Å². The summed E-state index contributed by atoms with van der Waals surface area (Å²) < 4.78 is 44.6. The molecule has 12 nitrogen and oxygen atoms in total. The predicted molar refractivity (Wildman–Crippen MR) is 147 cm³/mol. The number of nitrogens with one attached hydrogen (secondary N) is 1. The monoisotopic (exact) mass is 572 g/mol. The van der Waals surface area contributed by atoms with Crippen molar-refractivity contribution in [2.45, 2.75) is 57.9 Å². The molecule has 2 N–H and O–H groups in total. The fourth-order valence-electron chi connectivity index (χ4n) is 4.32. The van der Waals surface area contributed by atoms with E-state index in [0.29, 0.717) is 33.4 Å². The second-order valence-electron chi connectivity index (χ2n) is 10.1. The molecule has 214 valence electrons. The van der Waals surface area contributed by atoms with Crippen molar-refractivity contribution in [1.29, 1.82) is 0 Å². The third kappa shape index (κ3) is 6.02. The summed E-state index contributed by atoms with van der Waals surface area (Å²) in [6.45, 7) is 8.82. The number of aromatic nitrogens is 3. The Hall–Kier alpha value is -3.78. The van der Waals surface area contributed by atoms with E-state index >= 15 is 0 Å². The summed E-state index contributed by atoms with van der Waals surface area (Å²) in [7, 11) is -1.68. The molecule has 4 aromatic rings. The van der Waals surface area contributed by atoms with E-state index in [2.05, 4.69) is 14.9 Å². The Morgan fingerprint density at radius 3 is 2.58 bits per heavy atom. The molecule has 0 fully saturated rings. The lowest BCUT2D eigenvalue weighted by Gasteiger charge is -2.19. The Kier molecular flexibility index (Phi) is 8.04. The Balaban J connectivity index is 1.83. The summed E-state index contributed by atoms with van der Waals surface area (Å²) in [5, 5.41) is 14.4. The minimum absolute atomic E-state index is 0.0601. The molecule has 0 amide bonds. The van der Waals surface area contributed by atoms with Gasteiger partial charge in [0.05, 0.1) is 43.5 Å². The molecule has 4 rings (SSSR count). The van der Waals surface area contributed by atoms with Crippen LogP contribution >= 0.6 is 0 Å². The molecule has 1 aromatic carbocycles. The Labute approximate surface area is 231 Å². The lowest BCUT2D eigenvalue weighted by molar-refractivity contribution is 0.0577. The van der Waals surface area contributed by atoms with Gasteiger partial charge < -0.3 is 19.0 Å². The van der Waals surface area contributed by atoms with Crippen LogP contribution in [0.5, 0.6) is 11.6 Å². The number of hydrogen-bond acceptors (Lipinski definition) is 10. The highest BCUT2D eigenvalue weighted by Gasteiger charge is 2.26. The van der Waals surface area contributed by atoms with Crippen molar-refractivity contribution in [1.82, 2.24) is 19.6 Å². The summed E-state index contributed by atoms with van der Waals surface area (Å²) >= 11 is 0. The molecule has 0 bridgehead atoms. The van der Waals surface area contributed by atoms with E-state index in [-0.39, 0.29) is 23.6 Å². The van der Waals surface area contributed by atoms with Crippen molar-refractivity contribution in [3.05, 3.63) is 63.6 Å². The van der Waals surface area contributed by atoms with Crippen molar-refractivity contribution >= 4 is 21.0 Å². The van der Waals surface area contributed by atoms with Gasteiger partial charge in [-0.05, 0) is 58.4 Å². The highest BCUT2D eigenvalue weighted by Crippen LogP contribution is 2.34. The Morgan fingerprint density at radius 1 is 1.20 bits per heavy atom. The highest BCUT2D eigenvalue weighted by atomic mass is 32.2. The third-order valence-electron chi connectivity index (χ3n) is 6.03. The third-order valence-corrected chi connectivity index (χ3v) is 7.22. The van der Waals surface area contributed by atoms with Crippen LogP contribution in [0.25, 0.3) is 22.3 Å². The number of nitrogens with zero attached hydrogens (tertiary/aromatic N) is 3. The van der Waals surface area contributed by atoms with E-state index in [0.717, 1.165) is 12.7 Å². The van der Waals surface area contributed by atoms with Crippen molar-refractivity contribution in [3.63, 3.8) is 0 Å². The molecule has 3 aromatic heterocycles. The lowest BCUT2D eigenvalue weighted by atomic mass is 10.0. The summed E-state index contributed by atoms with van der Waals surface area (Å²) in [5.74, 6) is 0.333. The van der Waals surface area contributed by atoms with Gasteiger partial charge in [0, 0.05) is 23.4 Å². The number of pyridine rings is 1. The number of hydrogen-bond donors (Lipinski definition) is 2. The molecule has 40 heavy (non-hydrogen) atoms. The van der Waals surface area contributed by atoms with Crippen LogP contribution in [0.15, 0.2) is 50.9 Å². The maximum atomic E-state index is 13.5. The van der Waals surface area contributed by atoms with Crippen LogP contribution in [0.2, 0.25) is 0 Å². The Morgan fingerprint density at radius 2 is 1.93 bits per heavy atom. The second kappa shape index (κ2) is 11.0. The zero-order valence-electron chi connectivity index (χ0n) is 23.3. The normalized spacial score (nSPS) is 13.0. The van der Waals surface area contributed by atoms with E-state index in [1.165, 1.54) is 19.2 Å². The molecule has 0 unspecified atom stereocenters. The average Bonchev–Trinajstić information content (AvgIpc) is 3.32. The smallest absolute Gasteiger partial charge is 0.283 e. The van der Waals surface area contributed by atoms with Crippen LogP contribution in [0, 0.1) is 13.8 Å². The van der Waals surface area contributed by atoms with Crippen molar-refractivity contribution < 1.29 is 32.3 Å². The molecule has 0 aliphatic carbocycles. The molecule has 0 aliphatic rings. The number of methoxy groups -OCH3 is 1. The first kappa shape index (κ1) is 29.2. The molecular formula is C27H32N4O8S. The van der Waals surface area contributed by atoms with E-state index < -0.39 is 26.8 Å². The molecule has 0 radical (unpaired) electrons. The summed E-state index contributed by atoms with van der Waals surface area (Å²) in [6.07, 6.45) is 2.50. The van der Waals surface area contributed by atoms with Gasteiger partial charge in [-0.2, -0.15) is 10.1 Å². The largest absolute Gasteiger partial charge is 0.483 e. The van der Waals surface area contributed by atoms with E-state index in [1.54, 1.807) is 50.8 Å². The number of rotatable bonds is 10. The molecule has 13 heteroatoms. The van der Waals surface area contributed by atoms with Crippen molar-refractivity contribution in [2.75, 3.05) is 14.2 Å². The van der Waals surface area contributed by atoms with Crippen molar-refractivity contribution in [3.8, 4) is 23.0 Å². The molecule has 0 saturated carbocycles. The van der Waals surface area contributed by atoms with Gasteiger partial charge in [-0.25, -0.2) is 8.42 Å². The van der Waals surface area contributed by atoms with E-state index in [4.69, 9.17) is 13.9 Å². The molecule has 1 atom stereocenters. The standard InChI is InChI=1S/C27H32N4O8S/c1-15-10-19(17(3)38-21-8-9-22(36-6)29-26(21)40(34,35)30-37-7)25-20(11-15)23(32)16(2)24(39-25)18-12-28-31(13-18)14-27(4,5)33/h8-13,17,30,33H,14H2,1-7H3/t17-/m1/s1. The average molecular weight is 573 g/mol. The van der Waals surface area contributed by atoms with Gasteiger partial charge in [0.1, 0.15) is 17.4 Å². The topological polar surface area (TPSA) is 155 Å². The van der Waals surface area contributed by atoms with Gasteiger partial charge in [0.25, 0.3) is 10.0 Å². The van der Waals surface area contributed by atoms with Gasteiger partial charge in [0.2, 0.25) is 10.9 Å². The predicted octanol–water partition coefficient (Wildman–Crippen LogP) is 3.43. The fraction of sp³-hybridized carbons (Fsp3) is 0.370. The van der Waals surface area contributed by atoms with Crippen LogP contribution < -0.4 is 19.8 Å².